The van der Waals surface area contributed by atoms with Crippen molar-refractivity contribution in [3.05, 3.63) is 22.4 Å². The highest BCUT2D eigenvalue weighted by molar-refractivity contribution is 7.90. The molecule has 2 unspecified atom stereocenters. The molecule has 1 heterocycles. The van der Waals surface area contributed by atoms with Crippen LogP contribution >= 0.6 is 11.3 Å². The van der Waals surface area contributed by atoms with E-state index in [9.17, 15) is 8.42 Å². The van der Waals surface area contributed by atoms with Crippen molar-refractivity contribution in [1.82, 2.24) is 10.0 Å². The number of hydrogen-bond acceptors (Lipinski definition) is 4. The van der Waals surface area contributed by atoms with Crippen LogP contribution in [0.5, 0.6) is 0 Å². The summed E-state index contributed by atoms with van der Waals surface area (Å²) in [5.41, 5.74) is 1.17. The van der Waals surface area contributed by atoms with E-state index >= 15 is 0 Å². The average molecular weight is 276 g/mol. The van der Waals surface area contributed by atoms with E-state index in [1.165, 1.54) is 5.56 Å². The first kappa shape index (κ1) is 14.6. The summed E-state index contributed by atoms with van der Waals surface area (Å²) in [6.07, 6.45) is 0.731. The average Bonchev–Trinajstić information content (AvgIpc) is 2.69. The van der Waals surface area contributed by atoms with Gasteiger partial charge in [-0.2, -0.15) is 11.3 Å². The van der Waals surface area contributed by atoms with Crippen LogP contribution < -0.4 is 10.0 Å². The zero-order chi connectivity index (χ0) is 12.9. The molecule has 4 nitrogen and oxygen atoms in total. The van der Waals surface area contributed by atoms with Crippen molar-refractivity contribution in [3.63, 3.8) is 0 Å². The minimum atomic E-state index is -3.23. The Morgan fingerprint density at radius 3 is 2.65 bits per heavy atom. The monoisotopic (exact) mass is 276 g/mol. The van der Waals surface area contributed by atoms with Crippen LogP contribution in [0.25, 0.3) is 0 Å². The molecule has 2 atom stereocenters. The van der Waals surface area contributed by atoms with E-state index in [4.69, 9.17) is 0 Å². The zero-order valence-electron chi connectivity index (χ0n) is 10.4. The smallest absolute Gasteiger partial charge is 0.215 e. The van der Waals surface area contributed by atoms with E-state index in [-0.39, 0.29) is 6.04 Å². The Bertz CT molecular complexity index is 415. The summed E-state index contributed by atoms with van der Waals surface area (Å²) in [5.74, 6) is 0. The molecule has 0 saturated heterocycles. The summed E-state index contributed by atoms with van der Waals surface area (Å²) in [6, 6.07) is 1.95. The molecule has 1 rings (SSSR count). The van der Waals surface area contributed by atoms with Crippen molar-refractivity contribution in [2.24, 2.45) is 0 Å². The van der Waals surface area contributed by atoms with Crippen molar-refractivity contribution in [3.8, 4) is 0 Å². The molecule has 0 radical (unpaired) electrons. The van der Waals surface area contributed by atoms with Crippen LogP contribution in [-0.2, 0) is 16.4 Å². The van der Waals surface area contributed by atoms with Crippen LogP contribution in [0, 0.1) is 0 Å². The maximum atomic E-state index is 11.9. The van der Waals surface area contributed by atoms with E-state index in [1.807, 2.05) is 23.8 Å². The third-order valence-electron chi connectivity index (χ3n) is 2.51. The van der Waals surface area contributed by atoms with Gasteiger partial charge in [-0.1, -0.05) is 0 Å². The number of sulfonamides is 1. The van der Waals surface area contributed by atoms with Crippen molar-refractivity contribution >= 4 is 21.4 Å². The van der Waals surface area contributed by atoms with Gasteiger partial charge in [0.2, 0.25) is 10.0 Å². The van der Waals surface area contributed by atoms with Gasteiger partial charge >= 0.3 is 0 Å². The van der Waals surface area contributed by atoms with Gasteiger partial charge in [-0.05, 0) is 49.7 Å². The molecule has 0 amide bonds. The summed E-state index contributed by atoms with van der Waals surface area (Å²) in [4.78, 5) is 0. The van der Waals surface area contributed by atoms with E-state index in [2.05, 4.69) is 10.0 Å². The Kier molecular flexibility index (Phi) is 5.58. The number of thiophene rings is 1. The highest BCUT2D eigenvalue weighted by Gasteiger charge is 2.21. The molecular weight excluding hydrogens is 256 g/mol. The predicted octanol–water partition coefficient (Wildman–Crippen LogP) is 1.21. The standard InChI is InChI=1S/C11H20N2O2S2/c1-9(6-11-4-5-16-8-11)13-17(14,15)10(2)7-12-3/h4-5,8-10,12-13H,6-7H2,1-3H3. The van der Waals surface area contributed by atoms with Crippen LogP contribution in [0.2, 0.25) is 0 Å². The lowest BCUT2D eigenvalue weighted by Crippen LogP contribution is -2.42. The van der Waals surface area contributed by atoms with E-state index < -0.39 is 15.3 Å². The van der Waals surface area contributed by atoms with E-state index in [1.54, 1.807) is 25.3 Å². The topological polar surface area (TPSA) is 58.2 Å². The summed E-state index contributed by atoms with van der Waals surface area (Å²) in [5, 5.41) is 6.50. The number of hydrogen-bond donors (Lipinski definition) is 2. The molecule has 17 heavy (non-hydrogen) atoms. The molecule has 0 saturated carbocycles. The molecule has 2 N–H and O–H groups in total. The first-order valence-electron chi connectivity index (χ1n) is 5.62. The van der Waals surface area contributed by atoms with Crippen molar-refractivity contribution in [1.29, 1.82) is 0 Å². The molecule has 0 aliphatic rings. The summed E-state index contributed by atoms with van der Waals surface area (Å²) in [7, 11) is -1.48. The molecule has 0 fully saturated rings. The fraction of sp³-hybridized carbons (Fsp3) is 0.636. The molecule has 0 aliphatic carbocycles. The molecule has 0 spiro atoms. The third kappa shape index (κ3) is 4.75. The van der Waals surface area contributed by atoms with Crippen molar-refractivity contribution in [2.45, 2.75) is 31.6 Å². The lowest BCUT2D eigenvalue weighted by molar-refractivity contribution is 0.544. The maximum absolute atomic E-state index is 11.9. The summed E-state index contributed by atoms with van der Waals surface area (Å²) >= 11 is 1.63. The Morgan fingerprint density at radius 1 is 1.41 bits per heavy atom. The van der Waals surface area contributed by atoms with Crippen LogP contribution in [0.4, 0.5) is 0 Å². The van der Waals surface area contributed by atoms with E-state index in [0.717, 1.165) is 6.42 Å². The van der Waals surface area contributed by atoms with Crippen LogP contribution in [-0.4, -0.2) is 33.3 Å². The lowest BCUT2D eigenvalue weighted by Gasteiger charge is -2.18. The van der Waals surface area contributed by atoms with Crippen LogP contribution in [0.3, 0.4) is 0 Å². The Labute approximate surface area is 107 Å². The largest absolute Gasteiger partial charge is 0.318 e. The summed E-state index contributed by atoms with van der Waals surface area (Å²) in [6.45, 7) is 4.05. The molecule has 0 bridgehead atoms. The van der Waals surface area contributed by atoms with Gasteiger partial charge in [0.25, 0.3) is 0 Å². The van der Waals surface area contributed by atoms with Crippen LogP contribution in [0.15, 0.2) is 16.8 Å². The SMILES string of the molecule is CNCC(C)S(=O)(=O)NC(C)Cc1ccsc1. The highest BCUT2D eigenvalue weighted by Crippen LogP contribution is 2.09. The molecule has 0 aliphatic heterocycles. The minimum Gasteiger partial charge on any atom is -0.318 e. The number of nitrogens with one attached hydrogen (secondary N) is 2. The third-order valence-corrected chi connectivity index (χ3v) is 5.20. The van der Waals surface area contributed by atoms with Gasteiger partial charge in [-0.15, -0.1) is 0 Å². The fourth-order valence-corrected chi connectivity index (χ4v) is 3.54. The van der Waals surface area contributed by atoms with Crippen molar-refractivity contribution in [2.75, 3.05) is 13.6 Å². The second kappa shape index (κ2) is 6.49. The normalized spacial score (nSPS) is 15.7. The Balaban J connectivity index is 2.52. The minimum absolute atomic E-state index is 0.0751. The van der Waals surface area contributed by atoms with Gasteiger partial charge in [-0.25, -0.2) is 13.1 Å². The predicted molar refractivity (Wildman–Crippen MR) is 72.9 cm³/mol. The van der Waals surface area contributed by atoms with Gasteiger partial charge in [-0.3, -0.25) is 0 Å². The second-order valence-electron chi connectivity index (χ2n) is 4.27. The van der Waals surface area contributed by atoms with Gasteiger partial charge < -0.3 is 5.32 Å². The van der Waals surface area contributed by atoms with Gasteiger partial charge in [0.05, 0.1) is 5.25 Å². The van der Waals surface area contributed by atoms with E-state index in [0.29, 0.717) is 6.54 Å². The van der Waals surface area contributed by atoms with Gasteiger partial charge in [0.15, 0.2) is 0 Å². The van der Waals surface area contributed by atoms with Gasteiger partial charge in [0, 0.05) is 12.6 Å². The Hall–Kier alpha value is -0.430. The fourth-order valence-electron chi connectivity index (χ4n) is 1.60. The molecule has 1 aromatic rings. The summed E-state index contributed by atoms with van der Waals surface area (Å²) < 4.78 is 26.5. The second-order valence-corrected chi connectivity index (χ2v) is 7.18. The molecule has 6 heteroatoms. The molecular formula is C11H20N2O2S2. The maximum Gasteiger partial charge on any atom is 0.215 e. The quantitative estimate of drug-likeness (QED) is 0.787. The first-order valence-corrected chi connectivity index (χ1v) is 8.11. The molecule has 1 aromatic heterocycles. The molecule has 0 aromatic carbocycles. The zero-order valence-corrected chi connectivity index (χ0v) is 12.1. The number of rotatable bonds is 7. The van der Waals surface area contributed by atoms with Crippen molar-refractivity contribution < 1.29 is 8.42 Å². The Morgan fingerprint density at radius 2 is 2.12 bits per heavy atom. The first-order chi connectivity index (χ1) is 7.95. The van der Waals surface area contributed by atoms with Crippen LogP contribution in [0.1, 0.15) is 19.4 Å². The lowest BCUT2D eigenvalue weighted by atomic mass is 10.1. The molecule has 98 valence electrons. The highest BCUT2D eigenvalue weighted by atomic mass is 32.2. The van der Waals surface area contributed by atoms with Gasteiger partial charge in [0.1, 0.15) is 0 Å².